The van der Waals surface area contributed by atoms with Crippen LogP contribution in [0.3, 0.4) is 0 Å². The van der Waals surface area contributed by atoms with Crippen LogP contribution in [0.5, 0.6) is 0 Å². The van der Waals surface area contributed by atoms with Gasteiger partial charge in [0.15, 0.2) is 0 Å². The Bertz CT molecular complexity index is 347. The highest BCUT2D eigenvalue weighted by Crippen LogP contribution is 2.31. The molecule has 16 heavy (non-hydrogen) atoms. The van der Waals surface area contributed by atoms with E-state index in [4.69, 9.17) is 0 Å². The maximum Gasteiger partial charge on any atom is 0.263 e. The van der Waals surface area contributed by atoms with Gasteiger partial charge in [0.2, 0.25) is 0 Å². The summed E-state index contributed by atoms with van der Waals surface area (Å²) in [7, 11) is 0. The molecule has 0 aliphatic carbocycles. The molecule has 1 aliphatic rings. The highest BCUT2D eigenvalue weighted by molar-refractivity contribution is 5.28. The first-order valence-electron chi connectivity index (χ1n) is 5.72. The van der Waals surface area contributed by atoms with Gasteiger partial charge in [0.25, 0.3) is 6.43 Å². The number of rotatable bonds is 2. The largest absolute Gasteiger partial charge is 0.311 e. The van der Waals surface area contributed by atoms with Gasteiger partial charge in [-0.2, -0.15) is 0 Å². The maximum absolute atomic E-state index is 12.4. The van der Waals surface area contributed by atoms with Crippen molar-refractivity contribution >= 4 is 0 Å². The van der Waals surface area contributed by atoms with Crippen molar-refractivity contribution in [3.63, 3.8) is 0 Å². The van der Waals surface area contributed by atoms with E-state index in [0.29, 0.717) is 18.0 Å². The van der Waals surface area contributed by atoms with Gasteiger partial charge in [0.05, 0.1) is 0 Å². The smallest absolute Gasteiger partial charge is 0.263 e. The van der Waals surface area contributed by atoms with E-state index in [1.54, 1.807) is 0 Å². The van der Waals surface area contributed by atoms with Gasteiger partial charge in [-0.15, -0.1) is 0 Å². The van der Waals surface area contributed by atoms with Crippen LogP contribution in [0.1, 0.15) is 43.7 Å². The lowest BCUT2D eigenvalue weighted by Gasteiger charge is -2.15. The van der Waals surface area contributed by atoms with Crippen molar-refractivity contribution in [2.24, 2.45) is 0 Å². The number of halogens is 2. The summed E-state index contributed by atoms with van der Waals surface area (Å²) in [4.78, 5) is 0. The molecule has 1 aromatic rings. The first-order valence-corrected chi connectivity index (χ1v) is 5.72. The molecular formula is C13H17F2N. The molecule has 2 rings (SSSR count). The van der Waals surface area contributed by atoms with Crippen molar-refractivity contribution in [2.45, 2.75) is 44.7 Å². The molecule has 0 radical (unpaired) electrons. The zero-order chi connectivity index (χ0) is 11.7. The summed E-state index contributed by atoms with van der Waals surface area (Å²) in [6, 6.07) is 7.68. The number of hydrogen-bond donors (Lipinski definition) is 1. The van der Waals surface area contributed by atoms with Crippen LogP contribution in [0.15, 0.2) is 24.3 Å². The molecule has 1 aliphatic heterocycles. The second-order valence-corrected chi connectivity index (χ2v) is 4.67. The predicted molar refractivity (Wildman–Crippen MR) is 60.8 cm³/mol. The summed E-state index contributed by atoms with van der Waals surface area (Å²) < 4.78 is 24.8. The summed E-state index contributed by atoms with van der Waals surface area (Å²) in [6.45, 7) is 4.30. The molecule has 1 N–H and O–H groups in total. The predicted octanol–water partition coefficient (Wildman–Crippen LogP) is 3.48. The molecule has 3 unspecified atom stereocenters. The topological polar surface area (TPSA) is 12.0 Å². The number of benzene rings is 1. The van der Waals surface area contributed by atoms with E-state index in [0.717, 1.165) is 12.0 Å². The van der Waals surface area contributed by atoms with E-state index in [1.165, 1.54) is 12.1 Å². The zero-order valence-corrected chi connectivity index (χ0v) is 9.58. The Kier molecular flexibility index (Phi) is 3.24. The Morgan fingerprint density at radius 2 is 1.81 bits per heavy atom. The summed E-state index contributed by atoms with van der Waals surface area (Å²) in [5.74, 6) is 0.446. The fraction of sp³-hybridized carbons (Fsp3) is 0.538. The first-order chi connectivity index (χ1) is 7.58. The number of alkyl halides is 2. The van der Waals surface area contributed by atoms with Crippen LogP contribution in [0.4, 0.5) is 8.78 Å². The second kappa shape index (κ2) is 4.50. The number of hydrogen-bond acceptors (Lipinski definition) is 1. The molecule has 1 heterocycles. The van der Waals surface area contributed by atoms with Gasteiger partial charge in [0.1, 0.15) is 0 Å². The third-order valence-corrected chi connectivity index (χ3v) is 3.38. The zero-order valence-electron chi connectivity index (χ0n) is 9.58. The van der Waals surface area contributed by atoms with Gasteiger partial charge in [-0.1, -0.05) is 24.3 Å². The summed E-state index contributed by atoms with van der Waals surface area (Å²) >= 11 is 0. The standard InChI is InChI=1S/C13H17F2N/c1-8-7-12(9(2)16-8)10-3-5-11(6-4-10)13(14)15/h3-6,8-9,12-13,16H,7H2,1-2H3. The summed E-state index contributed by atoms with van der Waals surface area (Å²) in [5, 5.41) is 3.45. The van der Waals surface area contributed by atoms with Crippen LogP contribution in [0, 0.1) is 0 Å². The molecule has 0 saturated carbocycles. The van der Waals surface area contributed by atoms with Gasteiger partial charge in [0, 0.05) is 23.6 Å². The lowest BCUT2D eigenvalue weighted by molar-refractivity contribution is 0.151. The fourth-order valence-corrected chi connectivity index (χ4v) is 2.53. The van der Waals surface area contributed by atoms with Gasteiger partial charge in [-0.25, -0.2) is 8.78 Å². The average Bonchev–Trinajstić information content (AvgIpc) is 2.58. The second-order valence-electron chi connectivity index (χ2n) is 4.67. The van der Waals surface area contributed by atoms with Crippen molar-refractivity contribution in [1.82, 2.24) is 5.32 Å². The van der Waals surface area contributed by atoms with E-state index >= 15 is 0 Å². The van der Waals surface area contributed by atoms with Gasteiger partial charge in [-0.05, 0) is 25.8 Å². The normalized spacial score (nSPS) is 29.9. The monoisotopic (exact) mass is 225 g/mol. The van der Waals surface area contributed by atoms with Gasteiger partial charge < -0.3 is 5.32 Å². The molecule has 1 fully saturated rings. The van der Waals surface area contributed by atoms with Crippen LogP contribution in [0.2, 0.25) is 0 Å². The van der Waals surface area contributed by atoms with Crippen LogP contribution in [-0.2, 0) is 0 Å². The Hall–Kier alpha value is -0.960. The molecule has 88 valence electrons. The minimum atomic E-state index is -2.37. The molecular weight excluding hydrogens is 208 g/mol. The van der Waals surface area contributed by atoms with Crippen molar-refractivity contribution in [3.05, 3.63) is 35.4 Å². The third-order valence-electron chi connectivity index (χ3n) is 3.38. The molecule has 0 spiro atoms. The van der Waals surface area contributed by atoms with Gasteiger partial charge in [-0.3, -0.25) is 0 Å². The molecule has 3 heteroatoms. The minimum absolute atomic E-state index is 0.107. The quantitative estimate of drug-likeness (QED) is 0.812. The molecule has 0 bridgehead atoms. The molecule has 0 amide bonds. The first kappa shape index (κ1) is 11.5. The molecule has 1 saturated heterocycles. The lowest BCUT2D eigenvalue weighted by Crippen LogP contribution is -2.26. The molecule has 1 aromatic carbocycles. The van der Waals surface area contributed by atoms with E-state index in [-0.39, 0.29) is 5.56 Å². The Morgan fingerprint density at radius 1 is 1.19 bits per heavy atom. The van der Waals surface area contributed by atoms with Crippen molar-refractivity contribution in [3.8, 4) is 0 Å². The Morgan fingerprint density at radius 3 is 2.25 bits per heavy atom. The summed E-state index contributed by atoms with van der Waals surface area (Å²) in [5.41, 5.74) is 1.27. The highest BCUT2D eigenvalue weighted by Gasteiger charge is 2.29. The summed E-state index contributed by atoms with van der Waals surface area (Å²) in [6.07, 6.45) is -1.29. The van der Waals surface area contributed by atoms with Crippen molar-refractivity contribution in [1.29, 1.82) is 0 Å². The van der Waals surface area contributed by atoms with E-state index in [1.807, 2.05) is 12.1 Å². The Balaban J connectivity index is 2.15. The molecule has 3 atom stereocenters. The number of nitrogens with one attached hydrogen (secondary N) is 1. The highest BCUT2D eigenvalue weighted by atomic mass is 19.3. The third kappa shape index (κ3) is 2.24. The Labute approximate surface area is 94.9 Å². The average molecular weight is 225 g/mol. The fourth-order valence-electron chi connectivity index (χ4n) is 2.53. The van der Waals surface area contributed by atoms with E-state index in [2.05, 4.69) is 19.2 Å². The maximum atomic E-state index is 12.4. The van der Waals surface area contributed by atoms with Gasteiger partial charge >= 0.3 is 0 Å². The molecule has 0 aromatic heterocycles. The molecule has 1 nitrogen and oxygen atoms in total. The van der Waals surface area contributed by atoms with E-state index < -0.39 is 6.43 Å². The van der Waals surface area contributed by atoms with Crippen LogP contribution in [0.25, 0.3) is 0 Å². The van der Waals surface area contributed by atoms with Crippen LogP contribution < -0.4 is 5.32 Å². The SMILES string of the molecule is CC1CC(c2ccc(C(F)F)cc2)C(C)N1. The van der Waals surface area contributed by atoms with E-state index in [9.17, 15) is 8.78 Å². The van der Waals surface area contributed by atoms with Crippen LogP contribution >= 0.6 is 0 Å². The van der Waals surface area contributed by atoms with Crippen molar-refractivity contribution < 1.29 is 8.78 Å². The lowest BCUT2D eigenvalue weighted by atomic mass is 9.91. The minimum Gasteiger partial charge on any atom is -0.311 e. The van der Waals surface area contributed by atoms with Crippen molar-refractivity contribution in [2.75, 3.05) is 0 Å². The van der Waals surface area contributed by atoms with Crippen LogP contribution in [-0.4, -0.2) is 12.1 Å².